The first-order chi connectivity index (χ1) is 6.93. The summed E-state index contributed by atoms with van der Waals surface area (Å²) in [5, 5.41) is 5.66. The summed E-state index contributed by atoms with van der Waals surface area (Å²) in [5.41, 5.74) is 0.769. The molecule has 0 aliphatic carbocycles. The van der Waals surface area contributed by atoms with Crippen LogP contribution in [-0.2, 0) is 10.0 Å². The SMILES string of the molecule is CC/C(=C\c1ccc(Cl)cc1)S(N)(=O)=O. The van der Waals surface area contributed by atoms with Crippen molar-refractivity contribution in [2.45, 2.75) is 13.3 Å². The maximum absolute atomic E-state index is 11.1. The lowest BCUT2D eigenvalue weighted by molar-refractivity contribution is 0.602. The molecule has 1 rings (SSSR count). The molecular formula is C10H12ClNO2S. The van der Waals surface area contributed by atoms with Crippen molar-refractivity contribution in [1.29, 1.82) is 0 Å². The Balaban J connectivity index is 3.10. The van der Waals surface area contributed by atoms with Crippen molar-refractivity contribution >= 4 is 27.7 Å². The molecule has 1 aromatic carbocycles. The highest BCUT2D eigenvalue weighted by molar-refractivity contribution is 7.93. The Kier molecular flexibility index (Phi) is 3.90. The zero-order valence-electron chi connectivity index (χ0n) is 8.27. The van der Waals surface area contributed by atoms with E-state index in [9.17, 15) is 8.42 Å². The molecule has 0 radical (unpaired) electrons. The molecule has 0 fully saturated rings. The molecule has 0 atom stereocenters. The van der Waals surface area contributed by atoms with Gasteiger partial charge in [0.1, 0.15) is 0 Å². The van der Waals surface area contributed by atoms with E-state index in [1.54, 1.807) is 37.3 Å². The maximum atomic E-state index is 11.1. The summed E-state index contributed by atoms with van der Waals surface area (Å²) in [6.45, 7) is 1.74. The van der Waals surface area contributed by atoms with Crippen molar-refractivity contribution in [1.82, 2.24) is 0 Å². The summed E-state index contributed by atoms with van der Waals surface area (Å²) >= 11 is 5.71. The van der Waals surface area contributed by atoms with Crippen LogP contribution < -0.4 is 5.14 Å². The Morgan fingerprint density at radius 3 is 2.33 bits per heavy atom. The third kappa shape index (κ3) is 3.66. The quantitative estimate of drug-likeness (QED) is 0.889. The summed E-state index contributed by atoms with van der Waals surface area (Å²) in [4.78, 5) is 0.213. The summed E-state index contributed by atoms with van der Waals surface area (Å²) in [5.74, 6) is 0. The third-order valence-corrected chi connectivity index (χ3v) is 3.30. The minimum Gasteiger partial charge on any atom is -0.225 e. The van der Waals surface area contributed by atoms with Crippen LogP contribution in [0.15, 0.2) is 29.2 Å². The van der Waals surface area contributed by atoms with Gasteiger partial charge in [-0.2, -0.15) is 0 Å². The number of rotatable bonds is 3. The maximum Gasteiger partial charge on any atom is 0.234 e. The van der Waals surface area contributed by atoms with Gasteiger partial charge in [-0.05, 0) is 30.2 Å². The number of benzene rings is 1. The van der Waals surface area contributed by atoms with Crippen LogP contribution in [0.3, 0.4) is 0 Å². The first-order valence-electron chi connectivity index (χ1n) is 4.42. The molecule has 82 valence electrons. The van der Waals surface area contributed by atoms with E-state index in [-0.39, 0.29) is 4.91 Å². The third-order valence-electron chi connectivity index (χ3n) is 1.91. The van der Waals surface area contributed by atoms with Gasteiger partial charge >= 0.3 is 0 Å². The van der Waals surface area contributed by atoms with Crippen molar-refractivity contribution in [2.75, 3.05) is 0 Å². The van der Waals surface area contributed by atoms with Crippen LogP contribution in [0, 0.1) is 0 Å². The predicted molar refractivity (Wildman–Crippen MR) is 62.8 cm³/mol. The zero-order chi connectivity index (χ0) is 11.5. The molecule has 0 spiro atoms. The van der Waals surface area contributed by atoms with Crippen molar-refractivity contribution in [3.05, 3.63) is 39.8 Å². The van der Waals surface area contributed by atoms with Crippen LogP contribution in [0.1, 0.15) is 18.9 Å². The van der Waals surface area contributed by atoms with Crippen LogP contribution in [-0.4, -0.2) is 8.42 Å². The predicted octanol–water partition coefficient (Wildman–Crippen LogP) is 2.38. The van der Waals surface area contributed by atoms with Gasteiger partial charge in [-0.3, -0.25) is 0 Å². The topological polar surface area (TPSA) is 60.2 Å². The van der Waals surface area contributed by atoms with E-state index in [1.165, 1.54) is 0 Å². The Labute approximate surface area is 94.6 Å². The molecular weight excluding hydrogens is 234 g/mol. The minimum atomic E-state index is -3.60. The zero-order valence-corrected chi connectivity index (χ0v) is 9.85. The summed E-state index contributed by atoms with van der Waals surface area (Å²) < 4.78 is 22.2. The van der Waals surface area contributed by atoms with Crippen molar-refractivity contribution < 1.29 is 8.42 Å². The number of nitrogens with two attached hydrogens (primary N) is 1. The fraction of sp³-hybridized carbons (Fsp3) is 0.200. The van der Waals surface area contributed by atoms with Gasteiger partial charge in [-0.25, -0.2) is 13.6 Å². The standard InChI is InChI=1S/C10H12ClNO2S/c1-2-10(15(12,13)14)7-8-3-5-9(11)6-4-8/h3-7H,2H2,1H3,(H2,12,13,14)/b10-7+. The number of allylic oxidation sites excluding steroid dienone is 1. The molecule has 0 saturated heterocycles. The monoisotopic (exact) mass is 245 g/mol. The number of primary sulfonamides is 1. The molecule has 0 aromatic heterocycles. The molecule has 0 heterocycles. The van der Waals surface area contributed by atoms with Gasteiger partial charge in [0.2, 0.25) is 10.0 Å². The van der Waals surface area contributed by atoms with Gasteiger partial charge in [0.25, 0.3) is 0 Å². The Bertz CT molecular complexity index is 463. The Morgan fingerprint density at radius 1 is 1.40 bits per heavy atom. The van der Waals surface area contributed by atoms with Gasteiger partial charge in [0.05, 0.1) is 4.91 Å². The molecule has 0 aliphatic rings. The summed E-state index contributed by atoms with van der Waals surface area (Å²) in [6, 6.07) is 6.87. The molecule has 1 aromatic rings. The Morgan fingerprint density at radius 2 is 1.93 bits per heavy atom. The van der Waals surface area contributed by atoms with Gasteiger partial charge in [0.15, 0.2) is 0 Å². The molecule has 0 aliphatic heterocycles. The van der Waals surface area contributed by atoms with Crippen LogP contribution >= 0.6 is 11.6 Å². The minimum absolute atomic E-state index is 0.213. The lowest BCUT2D eigenvalue weighted by atomic mass is 10.2. The highest BCUT2D eigenvalue weighted by Crippen LogP contribution is 2.15. The second kappa shape index (κ2) is 4.79. The largest absolute Gasteiger partial charge is 0.234 e. The van der Waals surface area contributed by atoms with E-state index < -0.39 is 10.0 Å². The Hall–Kier alpha value is -0.840. The van der Waals surface area contributed by atoms with Crippen LogP contribution in [0.2, 0.25) is 5.02 Å². The van der Waals surface area contributed by atoms with E-state index in [2.05, 4.69) is 0 Å². The van der Waals surface area contributed by atoms with Gasteiger partial charge in [-0.1, -0.05) is 30.7 Å². The molecule has 0 bridgehead atoms. The smallest absolute Gasteiger partial charge is 0.225 e. The molecule has 3 nitrogen and oxygen atoms in total. The molecule has 5 heteroatoms. The molecule has 2 N–H and O–H groups in total. The average molecular weight is 246 g/mol. The van der Waals surface area contributed by atoms with Crippen LogP contribution in [0.4, 0.5) is 0 Å². The fourth-order valence-corrected chi connectivity index (χ4v) is 1.96. The van der Waals surface area contributed by atoms with Gasteiger partial charge in [0, 0.05) is 5.02 Å². The van der Waals surface area contributed by atoms with Crippen molar-refractivity contribution in [3.63, 3.8) is 0 Å². The highest BCUT2D eigenvalue weighted by Gasteiger charge is 2.08. The van der Waals surface area contributed by atoms with Gasteiger partial charge in [-0.15, -0.1) is 0 Å². The molecule has 0 unspecified atom stereocenters. The first-order valence-corrected chi connectivity index (χ1v) is 6.35. The number of hydrogen-bond donors (Lipinski definition) is 1. The van der Waals surface area contributed by atoms with E-state index >= 15 is 0 Å². The second-order valence-corrected chi connectivity index (χ2v) is 5.11. The number of sulfonamides is 1. The van der Waals surface area contributed by atoms with Crippen molar-refractivity contribution in [3.8, 4) is 0 Å². The lowest BCUT2D eigenvalue weighted by Crippen LogP contribution is -2.13. The normalized spacial score (nSPS) is 12.9. The number of hydrogen-bond acceptors (Lipinski definition) is 2. The van der Waals surface area contributed by atoms with Crippen molar-refractivity contribution in [2.24, 2.45) is 5.14 Å². The average Bonchev–Trinajstić information content (AvgIpc) is 2.15. The van der Waals surface area contributed by atoms with E-state index in [1.807, 2.05) is 0 Å². The highest BCUT2D eigenvalue weighted by atomic mass is 35.5. The molecule has 0 saturated carbocycles. The lowest BCUT2D eigenvalue weighted by Gasteiger charge is -2.01. The number of halogens is 1. The van der Waals surface area contributed by atoms with Gasteiger partial charge < -0.3 is 0 Å². The molecule has 15 heavy (non-hydrogen) atoms. The summed E-state index contributed by atoms with van der Waals surface area (Å²) in [7, 11) is -3.60. The first kappa shape index (κ1) is 12.2. The van der Waals surface area contributed by atoms with E-state index in [0.29, 0.717) is 11.4 Å². The van der Waals surface area contributed by atoms with E-state index in [0.717, 1.165) is 5.56 Å². The summed E-state index contributed by atoms with van der Waals surface area (Å²) in [6.07, 6.45) is 1.92. The van der Waals surface area contributed by atoms with Crippen LogP contribution in [0.25, 0.3) is 6.08 Å². The second-order valence-electron chi connectivity index (χ2n) is 3.06. The fourth-order valence-electron chi connectivity index (χ4n) is 1.13. The van der Waals surface area contributed by atoms with Crippen LogP contribution in [0.5, 0.6) is 0 Å². The van der Waals surface area contributed by atoms with E-state index in [4.69, 9.17) is 16.7 Å². The molecule has 0 amide bonds.